The number of nitrogens with two attached hydrogens (primary N) is 1. The molecule has 0 aliphatic carbocycles. The van der Waals surface area contributed by atoms with Crippen LogP contribution in [-0.4, -0.2) is 9.97 Å². The maximum absolute atomic E-state index is 13.0. The van der Waals surface area contributed by atoms with Crippen molar-refractivity contribution in [1.29, 1.82) is 0 Å². The van der Waals surface area contributed by atoms with Crippen molar-refractivity contribution in [1.82, 2.24) is 9.97 Å². The zero-order valence-electron chi connectivity index (χ0n) is 8.11. The van der Waals surface area contributed by atoms with E-state index in [4.69, 9.17) is 17.3 Å². The average molecular weight is 239 g/mol. The molecule has 0 saturated heterocycles. The molecule has 0 spiro atoms. The number of anilines is 3. The van der Waals surface area contributed by atoms with E-state index in [9.17, 15) is 4.39 Å². The highest BCUT2D eigenvalue weighted by Crippen LogP contribution is 2.20. The van der Waals surface area contributed by atoms with Crippen LogP contribution in [0.1, 0.15) is 0 Å². The average Bonchev–Trinajstić information content (AvgIpc) is 2.15. The topological polar surface area (TPSA) is 63.8 Å². The van der Waals surface area contributed by atoms with Crippen LogP contribution in [0.25, 0.3) is 0 Å². The Kier molecular flexibility index (Phi) is 2.87. The minimum atomic E-state index is -0.424. The molecule has 0 aliphatic heterocycles. The largest absolute Gasteiger partial charge is 0.382 e. The van der Waals surface area contributed by atoms with Gasteiger partial charge in [-0.05, 0) is 18.2 Å². The van der Waals surface area contributed by atoms with E-state index >= 15 is 0 Å². The highest BCUT2D eigenvalue weighted by molar-refractivity contribution is 6.30. The van der Waals surface area contributed by atoms with Crippen molar-refractivity contribution in [2.75, 3.05) is 11.1 Å². The molecule has 0 unspecified atom stereocenters. The van der Waals surface area contributed by atoms with Crippen LogP contribution in [0.2, 0.25) is 5.02 Å². The van der Waals surface area contributed by atoms with Crippen LogP contribution in [0.15, 0.2) is 30.6 Å². The molecule has 0 aliphatic rings. The summed E-state index contributed by atoms with van der Waals surface area (Å²) in [6.45, 7) is 0. The summed E-state index contributed by atoms with van der Waals surface area (Å²) in [5.74, 6) is 0.293. The molecule has 1 aromatic carbocycles. The minimum absolute atomic E-state index is 0.285. The molecule has 1 aromatic heterocycles. The Labute approximate surface area is 96.3 Å². The molecule has 1 heterocycles. The van der Waals surface area contributed by atoms with E-state index in [2.05, 4.69) is 15.3 Å². The van der Waals surface area contributed by atoms with Gasteiger partial charge in [-0.25, -0.2) is 9.37 Å². The smallest absolute Gasteiger partial charge is 0.151 e. The molecule has 0 saturated carbocycles. The normalized spacial score (nSPS) is 10.1. The Morgan fingerprint density at radius 3 is 2.75 bits per heavy atom. The maximum atomic E-state index is 13.0. The molecule has 2 aromatic rings. The Morgan fingerprint density at radius 1 is 1.25 bits per heavy atom. The number of hydrogen-bond donors (Lipinski definition) is 2. The zero-order valence-corrected chi connectivity index (χ0v) is 8.87. The van der Waals surface area contributed by atoms with Crippen LogP contribution in [-0.2, 0) is 0 Å². The number of hydrogen-bond acceptors (Lipinski definition) is 4. The first-order valence-electron chi connectivity index (χ1n) is 4.44. The van der Waals surface area contributed by atoms with Gasteiger partial charge in [0, 0.05) is 10.7 Å². The summed E-state index contributed by atoms with van der Waals surface area (Å²) in [6, 6.07) is 4.10. The van der Waals surface area contributed by atoms with Crippen LogP contribution in [0.5, 0.6) is 0 Å². The first-order valence-corrected chi connectivity index (χ1v) is 4.82. The van der Waals surface area contributed by atoms with E-state index in [1.54, 1.807) is 6.07 Å². The molecular formula is C10H8ClFN4. The first-order chi connectivity index (χ1) is 7.63. The molecule has 6 heteroatoms. The van der Waals surface area contributed by atoms with Gasteiger partial charge >= 0.3 is 0 Å². The van der Waals surface area contributed by atoms with E-state index in [0.717, 1.165) is 0 Å². The lowest BCUT2D eigenvalue weighted by atomic mass is 10.3. The number of rotatable bonds is 2. The first kappa shape index (κ1) is 10.6. The molecule has 2 rings (SSSR count). The number of nitrogens with one attached hydrogen (secondary N) is 1. The van der Waals surface area contributed by atoms with Crippen LogP contribution in [0.3, 0.4) is 0 Å². The summed E-state index contributed by atoms with van der Waals surface area (Å²) >= 11 is 5.71. The van der Waals surface area contributed by atoms with Crippen LogP contribution in [0, 0.1) is 5.82 Å². The Morgan fingerprint density at radius 2 is 2.06 bits per heavy atom. The van der Waals surface area contributed by atoms with Crippen molar-refractivity contribution in [2.24, 2.45) is 0 Å². The predicted octanol–water partition coefficient (Wildman–Crippen LogP) is 2.59. The van der Waals surface area contributed by atoms with Gasteiger partial charge in [-0.3, -0.25) is 4.98 Å². The van der Waals surface area contributed by atoms with E-state index in [0.29, 0.717) is 16.5 Å². The molecule has 0 atom stereocenters. The summed E-state index contributed by atoms with van der Waals surface area (Å²) in [4.78, 5) is 7.81. The number of aromatic nitrogens is 2. The second kappa shape index (κ2) is 4.32. The molecule has 0 bridgehead atoms. The standard InChI is InChI=1S/C10H8ClFN4/c11-6-1-7(12)3-8(2-6)15-10-5-14-4-9(13)16-10/h1-5H,(H3,13,15,16). The third-order valence-corrected chi connectivity index (χ3v) is 2.01. The number of nitrogen functional groups attached to an aromatic ring is 1. The number of halogens is 2. The maximum Gasteiger partial charge on any atom is 0.151 e. The number of benzene rings is 1. The van der Waals surface area contributed by atoms with Gasteiger partial charge in [-0.15, -0.1) is 0 Å². The molecule has 3 N–H and O–H groups in total. The predicted molar refractivity (Wildman–Crippen MR) is 61.1 cm³/mol. The third-order valence-electron chi connectivity index (χ3n) is 1.79. The van der Waals surface area contributed by atoms with Crippen molar-refractivity contribution >= 4 is 28.9 Å². The Hall–Kier alpha value is -1.88. The molecule has 4 nitrogen and oxygen atoms in total. The van der Waals surface area contributed by atoms with Gasteiger partial charge in [-0.1, -0.05) is 11.6 Å². The molecule has 82 valence electrons. The van der Waals surface area contributed by atoms with Crippen molar-refractivity contribution in [3.63, 3.8) is 0 Å². The SMILES string of the molecule is Nc1cncc(Nc2cc(F)cc(Cl)c2)n1. The molecule has 0 radical (unpaired) electrons. The monoisotopic (exact) mass is 238 g/mol. The number of nitrogens with zero attached hydrogens (tertiary/aromatic N) is 2. The second-order valence-corrected chi connectivity index (χ2v) is 3.55. The Balaban J connectivity index is 2.27. The second-order valence-electron chi connectivity index (χ2n) is 3.11. The van der Waals surface area contributed by atoms with Gasteiger partial charge < -0.3 is 11.1 Å². The van der Waals surface area contributed by atoms with Crippen LogP contribution < -0.4 is 11.1 Å². The van der Waals surface area contributed by atoms with Gasteiger partial charge in [0.05, 0.1) is 12.4 Å². The molecule has 16 heavy (non-hydrogen) atoms. The van der Waals surface area contributed by atoms with Crippen molar-refractivity contribution < 1.29 is 4.39 Å². The van der Waals surface area contributed by atoms with E-state index in [1.807, 2.05) is 0 Å². The molecule has 0 fully saturated rings. The lowest BCUT2D eigenvalue weighted by Crippen LogP contribution is -1.98. The fourth-order valence-electron chi connectivity index (χ4n) is 1.22. The molecule has 0 amide bonds. The summed E-state index contributed by atoms with van der Waals surface area (Å²) in [5.41, 5.74) is 5.95. The fraction of sp³-hybridized carbons (Fsp3) is 0. The van der Waals surface area contributed by atoms with E-state index in [-0.39, 0.29) is 5.82 Å². The quantitative estimate of drug-likeness (QED) is 0.844. The third kappa shape index (κ3) is 2.58. The summed E-state index contributed by atoms with van der Waals surface area (Å²) < 4.78 is 13.0. The zero-order chi connectivity index (χ0) is 11.5. The van der Waals surface area contributed by atoms with E-state index < -0.39 is 5.82 Å². The lowest BCUT2D eigenvalue weighted by Gasteiger charge is -2.06. The lowest BCUT2D eigenvalue weighted by molar-refractivity contribution is 0.628. The van der Waals surface area contributed by atoms with Crippen molar-refractivity contribution in [2.45, 2.75) is 0 Å². The van der Waals surface area contributed by atoms with Crippen LogP contribution >= 0.6 is 11.6 Å². The summed E-state index contributed by atoms with van der Waals surface area (Å²) in [6.07, 6.45) is 2.90. The van der Waals surface area contributed by atoms with Gasteiger partial charge in [0.2, 0.25) is 0 Å². The minimum Gasteiger partial charge on any atom is -0.382 e. The molecular weight excluding hydrogens is 231 g/mol. The summed E-state index contributed by atoms with van der Waals surface area (Å²) in [5, 5.41) is 3.15. The van der Waals surface area contributed by atoms with Gasteiger partial charge in [0.15, 0.2) is 5.82 Å². The fourth-order valence-corrected chi connectivity index (χ4v) is 1.44. The van der Waals surface area contributed by atoms with Crippen molar-refractivity contribution in [3.05, 3.63) is 41.4 Å². The Bertz CT molecular complexity index is 498. The highest BCUT2D eigenvalue weighted by Gasteiger charge is 2.01. The van der Waals surface area contributed by atoms with Gasteiger partial charge in [0.1, 0.15) is 11.6 Å². The highest BCUT2D eigenvalue weighted by atomic mass is 35.5. The van der Waals surface area contributed by atoms with E-state index in [1.165, 1.54) is 24.5 Å². The summed E-state index contributed by atoms with van der Waals surface area (Å²) in [7, 11) is 0. The van der Waals surface area contributed by atoms with Crippen LogP contribution in [0.4, 0.5) is 21.7 Å². The van der Waals surface area contributed by atoms with Crippen molar-refractivity contribution in [3.8, 4) is 0 Å². The van der Waals surface area contributed by atoms with Gasteiger partial charge in [-0.2, -0.15) is 0 Å². The van der Waals surface area contributed by atoms with Gasteiger partial charge in [0.25, 0.3) is 0 Å².